The Balaban J connectivity index is 2.22. The second-order valence-electron chi connectivity index (χ2n) is 8.45. The van der Waals surface area contributed by atoms with E-state index in [9.17, 15) is 14.4 Å². The lowest BCUT2D eigenvalue weighted by Crippen LogP contribution is -2.55. The molecule has 3 N–H and O–H groups in total. The van der Waals surface area contributed by atoms with Crippen molar-refractivity contribution in [3.63, 3.8) is 0 Å². The number of benzene rings is 2. The summed E-state index contributed by atoms with van der Waals surface area (Å²) in [5.41, 5.74) is 6.58. The Kier molecular flexibility index (Phi) is 8.19. The van der Waals surface area contributed by atoms with Crippen molar-refractivity contribution < 1.29 is 19.1 Å². The quantitative estimate of drug-likeness (QED) is 0.679. The van der Waals surface area contributed by atoms with Gasteiger partial charge in [-0.05, 0) is 31.9 Å². The Bertz CT molecular complexity index is 879. The third-order valence-corrected chi connectivity index (χ3v) is 4.67. The summed E-state index contributed by atoms with van der Waals surface area (Å²) in [4.78, 5) is 39.1. The Labute approximate surface area is 183 Å². The molecule has 0 aliphatic carbocycles. The average Bonchev–Trinajstić information content (AvgIpc) is 2.71. The smallest absolute Gasteiger partial charge is 0.410 e. The zero-order valence-corrected chi connectivity index (χ0v) is 18.5. The number of carbonyl (C=O) groups is 3. The van der Waals surface area contributed by atoms with Crippen LogP contribution in [0.1, 0.15) is 31.9 Å². The van der Waals surface area contributed by atoms with Crippen LogP contribution in [0.3, 0.4) is 0 Å². The molecule has 2 aromatic rings. The second-order valence-corrected chi connectivity index (χ2v) is 8.45. The lowest BCUT2D eigenvalue weighted by Gasteiger charge is -2.31. The van der Waals surface area contributed by atoms with Gasteiger partial charge in [0, 0.05) is 19.9 Å². The van der Waals surface area contributed by atoms with E-state index in [-0.39, 0.29) is 12.8 Å². The van der Waals surface area contributed by atoms with Crippen LogP contribution in [0.5, 0.6) is 0 Å². The van der Waals surface area contributed by atoms with Crippen molar-refractivity contribution in [2.75, 3.05) is 7.05 Å². The molecule has 2 rings (SSSR count). The number of hydrogen-bond acceptors (Lipinski definition) is 4. The van der Waals surface area contributed by atoms with Gasteiger partial charge in [-0.15, -0.1) is 0 Å². The number of hydrogen-bond donors (Lipinski definition) is 2. The fourth-order valence-corrected chi connectivity index (χ4v) is 3.04. The summed E-state index contributed by atoms with van der Waals surface area (Å²) in [5.74, 6) is -1.12. The number of nitrogens with one attached hydrogen (secondary N) is 1. The van der Waals surface area contributed by atoms with Crippen molar-refractivity contribution >= 4 is 17.9 Å². The van der Waals surface area contributed by atoms with Crippen LogP contribution in [0.25, 0.3) is 0 Å². The van der Waals surface area contributed by atoms with Crippen LogP contribution < -0.4 is 11.1 Å². The average molecular weight is 426 g/mol. The van der Waals surface area contributed by atoms with E-state index in [1.807, 2.05) is 60.7 Å². The molecule has 0 radical (unpaired) electrons. The maximum absolute atomic E-state index is 13.2. The summed E-state index contributed by atoms with van der Waals surface area (Å²) in [7, 11) is 1.51. The second kappa shape index (κ2) is 10.6. The van der Waals surface area contributed by atoms with Gasteiger partial charge in [0.1, 0.15) is 17.7 Å². The first-order chi connectivity index (χ1) is 14.6. The van der Waals surface area contributed by atoms with Gasteiger partial charge in [-0.2, -0.15) is 0 Å². The van der Waals surface area contributed by atoms with E-state index in [0.29, 0.717) is 0 Å². The van der Waals surface area contributed by atoms with E-state index >= 15 is 0 Å². The van der Waals surface area contributed by atoms with E-state index in [0.717, 1.165) is 11.1 Å². The van der Waals surface area contributed by atoms with Crippen LogP contribution in [-0.4, -0.2) is 47.5 Å². The first-order valence-electron chi connectivity index (χ1n) is 10.2. The molecule has 0 aromatic heterocycles. The highest BCUT2D eigenvalue weighted by atomic mass is 16.6. The minimum atomic E-state index is -0.903. The SMILES string of the molecule is CN(C(=O)OC(C)(C)C)C(Cc1ccccc1)C(=O)N[C@@H](Cc1ccccc1)C(N)=O. The van der Waals surface area contributed by atoms with Gasteiger partial charge in [-0.25, -0.2) is 4.79 Å². The molecule has 2 atom stereocenters. The lowest BCUT2D eigenvalue weighted by atomic mass is 10.0. The van der Waals surface area contributed by atoms with Crippen molar-refractivity contribution in [1.82, 2.24) is 10.2 Å². The van der Waals surface area contributed by atoms with Gasteiger partial charge < -0.3 is 15.8 Å². The molecule has 7 nitrogen and oxygen atoms in total. The number of carbonyl (C=O) groups excluding carboxylic acids is 3. The molecule has 0 heterocycles. The molecule has 0 saturated heterocycles. The van der Waals surface area contributed by atoms with E-state index in [1.165, 1.54) is 11.9 Å². The predicted molar refractivity (Wildman–Crippen MR) is 119 cm³/mol. The molecular weight excluding hydrogens is 394 g/mol. The van der Waals surface area contributed by atoms with Gasteiger partial charge in [0.15, 0.2) is 0 Å². The van der Waals surface area contributed by atoms with Crippen LogP contribution in [0.2, 0.25) is 0 Å². The van der Waals surface area contributed by atoms with E-state index in [4.69, 9.17) is 10.5 Å². The molecule has 7 heteroatoms. The van der Waals surface area contributed by atoms with E-state index in [2.05, 4.69) is 5.32 Å². The van der Waals surface area contributed by atoms with Gasteiger partial charge in [0.25, 0.3) is 0 Å². The van der Waals surface area contributed by atoms with Crippen LogP contribution in [0.15, 0.2) is 60.7 Å². The van der Waals surface area contributed by atoms with E-state index in [1.54, 1.807) is 20.8 Å². The Morgan fingerprint density at radius 1 is 0.935 bits per heavy atom. The van der Waals surface area contributed by atoms with Gasteiger partial charge in [0.05, 0.1) is 0 Å². The third-order valence-electron chi connectivity index (χ3n) is 4.67. The highest BCUT2D eigenvalue weighted by molar-refractivity contribution is 5.91. The summed E-state index contributed by atoms with van der Waals surface area (Å²) in [6.07, 6.45) is -0.0997. The number of nitrogens with two attached hydrogens (primary N) is 1. The first kappa shape index (κ1) is 23.9. The molecule has 0 saturated carbocycles. The first-order valence-corrected chi connectivity index (χ1v) is 10.2. The minimum Gasteiger partial charge on any atom is -0.444 e. The molecule has 0 spiro atoms. The summed E-state index contributed by atoms with van der Waals surface area (Å²) < 4.78 is 5.43. The molecule has 2 aromatic carbocycles. The molecular formula is C24H31N3O4. The molecule has 0 aliphatic heterocycles. The van der Waals surface area contributed by atoms with Gasteiger partial charge in [-0.1, -0.05) is 60.7 Å². The predicted octanol–water partition coefficient (Wildman–Crippen LogP) is 2.68. The summed E-state index contributed by atoms with van der Waals surface area (Å²) >= 11 is 0. The molecule has 166 valence electrons. The zero-order chi connectivity index (χ0) is 23.0. The molecule has 31 heavy (non-hydrogen) atoms. The van der Waals surface area contributed by atoms with Crippen LogP contribution >= 0.6 is 0 Å². The van der Waals surface area contributed by atoms with Crippen LogP contribution in [-0.2, 0) is 27.2 Å². The largest absolute Gasteiger partial charge is 0.444 e. The number of ether oxygens (including phenoxy) is 1. The molecule has 0 bridgehead atoms. The molecule has 0 fully saturated rings. The van der Waals surface area contributed by atoms with Gasteiger partial charge in [-0.3, -0.25) is 14.5 Å². The van der Waals surface area contributed by atoms with E-state index < -0.39 is 35.6 Å². The molecule has 0 aliphatic rings. The Morgan fingerprint density at radius 2 is 1.42 bits per heavy atom. The Morgan fingerprint density at radius 3 is 1.87 bits per heavy atom. The fraction of sp³-hybridized carbons (Fsp3) is 0.375. The zero-order valence-electron chi connectivity index (χ0n) is 18.5. The minimum absolute atomic E-state index is 0.260. The highest BCUT2D eigenvalue weighted by Gasteiger charge is 2.32. The van der Waals surface area contributed by atoms with Crippen molar-refractivity contribution in [3.05, 3.63) is 71.8 Å². The molecule has 1 unspecified atom stereocenters. The maximum Gasteiger partial charge on any atom is 0.410 e. The molecule has 3 amide bonds. The number of amides is 3. The monoisotopic (exact) mass is 425 g/mol. The number of rotatable bonds is 8. The summed E-state index contributed by atoms with van der Waals surface area (Å²) in [5, 5.41) is 2.72. The number of nitrogens with zero attached hydrogens (tertiary/aromatic N) is 1. The summed E-state index contributed by atoms with van der Waals surface area (Å²) in [6, 6.07) is 16.8. The summed E-state index contributed by atoms with van der Waals surface area (Å²) in [6.45, 7) is 5.27. The van der Waals surface area contributed by atoms with Crippen molar-refractivity contribution in [2.45, 2.75) is 51.3 Å². The van der Waals surface area contributed by atoms with Crippen molar-refractivity contribution in [2.24, 2.45) is 5.73 Å². The lowest BCUT2D eigenvalue weighted by molar-refractivity contribution is -0.130. The highest BCUT2D eigenvalue weighted by Crippen LogP contribution is 2.15. The van der Waals surface area contributed by atoms with Crippen LogP contribution in [0, 0.1) is 0 Å². The number of primary amides is 1. The maximum atomic E-state index is 13.2. The fourth-order valence-electron chi connectivity index (χ4n) is 3.04. The van der Waals surface area contributed by atoms with Crippen molar-refractivity contribution in [3.8, 4) is 0 Å². The Hall–Kier alpha value is -3.35. The van der Waals surface area contributed by atoms with Gasteiger partial charge >= 0.3 is 6.09 Å². The van der Waals surface area contributed by atoms with Crippen molar-refractivity contribution in [1.29, 1.82) is 0 Å². The topological polar surface area (TPSA) is 102 Å². The standard InChI is InChI=1S/C24H31N3O4/c1-24(2,3)31-23(30)27(4)20(16-18-13-9-6-10-14-18)22(29)26-19(21(25)28)15-17-11-7-5-8-12-17/h5-14,19-20H,15-16H2,1-4H3,(H2,25,28)(H,26,29)/t19-,20?/m0/s1. The van der Waals surface area contributed by atoms with Gasteiger partial charge in [0.2, 0.25) is 11.8 Å². The third kappa shape index (κ3) is 7.77. The van der Waals surface area contributed by atoms with Crippen LogP contribution in [0.4, 0.5) is 4.79 Å². The normalized spacial score (nSPS) is 13.0. The number of likely N-dealkylation sites (N-methyl/N-ethyl adjacent to an activating group) is 1.